The molecule has 0 saturated heterocycles. The third-order valence-electron chi connectivity index (χ3n) is 3.81. The number of ether oxygens (including phenoxy) is 1. The van der Waals surface area contributed by atoms with Crippen LogP contribution in [0.4, 0.5) is 0 Å². The number of nitrogens with zero attached hydrogens (tertiary/aromatic N) is 1. The van der Waals surface area contributed by atoms with Crippen LogP contribution in [0, 0.1) is 0 Å². The van der Waals surface area contributed by atoms with Crippen molar-refractivity contribution in [3.63, 3.8) is 0 Å². The van der Waals surface area contributed by atoms with E-state index in [-0.39, 0.29) is 12.5 Å². The lowest BCUT2D eigenvalue weighted by atomic mass is 9.96. The van der Waals surface area contributed by atoms with E-state index in [1.165, 1.54) is 4.90 Å². The van der Waals surface area contributed by atoms with Gasteiger partial charge in [0.1, 0.15) is 0 Å². The standard InChI is InChI=1S/C16H19ClN2O4/c1-19(2)14(21)9-18-13(20)10-23-15(22)16(7-8-16)11-3-5-12(17)6-4-11/h3-6H,7-10H2,1-2H3,(H,18,20). The Hall–Kier alpha value is -2.08. The molecule has 1 aliphatic rings. The summed E-state index contributed by atoms with van der Waals surface area (Å²) in [5.74, 6) is -1.15. The summed E-state index contributed by atoms with van der Waals surface area (Å²) in [6, 6.07) is 7.05. The van der Waals surface area contributed by atoms with Crippen molar-refractivity contribution in [3.8, 4) is 0 Å². The van der Waals surface area contributed by atoms with Crippen molar-refractivity contribution in [2.75, 3.05) is 27.2 Å². The molecule has 0 atom stereocenters. The van der Waals surface area contributed by atoms with E-state index in [0.29, 0.717) is 17.9 Å². The van der Waals surface area contributed by atoms with E-state index in [1.807, 2.05) is 0 Å². The van der Waals surface area contributed by atoms with Crippen molar-refractivity contribution in [1.82, 2.24) is 10.2 Å². The summed E-state index contributed by atoms with van der Waals surface area (Å²) < 4.78 is 5.10. The molecule has 23 heavy (non-hydrogen) atoms. The molecule has 0 spiro atoms. The summed E-state index contributed by atoms with van der Waals surface area (Å²) >= 11 is 5.85. The number of carbonyl (C=O) groups is 3. The number of hydrogen-bond acceptors (Lipinski definition) is 4. The van der Waals surface area contributed by atoms with Crippen LogP contribution in [0.25, 0.3) is 0 Å². The molecule has 124 valence electrons. The van der Waals surface area contributed by atoms with Crippen molar-refractivity contribution in [2.24, 2.45) is 0 Å². The van der Waals surface area contributed by atoms with Gasteiger partial charge in [0.2, 0.25) is 5.91 Å². The van der Waals surface area contributed by atoms with Gasteiger partial charge in [-0.1, -0.05) is 23.7 Å². The number of hydrogen-bond donors (Lipinski definition) is 1. The van der Waals surface area contributed by atoms with E-state index in [9.17, 15) is 14.4 Å². The van der Waals surface area contributed by atoms with Crippen molar-refractivity contribution >= 4 is 29.4 Å². The Bertz CT molecular complexity index is 609. The summed E-state index contributed by atoms with van der Waals surface area (Å²) in [6.07, 6.45) is 1.38. The molecular weight excluding hydrogens is 320 g/mol. The lowest BCUT2D eigenvalue weighted by Crippen LogP contribution is -2.38. The first kappa shape index (κ1) is 17.3. The molecule has 0 radical (unpaired) electrons. The molecule has 0 bridgehead atoms. The Morgan fingerprint density at radius 2 is 1.83 bits per heavy atom. The van der Waals surface area contributed by atoms with Crippen LogP contribution in [0.5, 0.6) is 0 Å². The zero-order chi connectivity index (χ0) is 17.0. The molecule has 1 aromatic carbocycles. The van der Waals surface area contributed by atoms with Crippen LogP contribution in [0.15, 0.2) is 24.3 Å². The maximum absolute atomic E-state index is 12.3. The van der Waals surface area contributed by atoms with E-state index < -0.39 is 23.9 Å². The highest BCUT2D eigenvalue weighted by Crippen LogP contribution is 2.49. The predicted molar refractivity (Wildman–Crippen MR) is 85.0 cm³/mol. The van der Waals surface area contributed by atoms with Gasteiger partial charge in [-0.05, 0) is 30.5 Å². The second-order valence-electron chi connectivity index (χ2n) is 5.73. The second kappa shape index (κ2) is 7.00. The lowest BCUT2D eigenvalue weighted by Gasteiger charge is -2.15. The third-order valence-corrected chi connectivity index (χ3v) is 4.06. The molecule has 1 saturated carbocycles. The number of benzene rings is 1. The number of halogens is 1. The number of nitrogens with one attached hydrogen (secondary N) is 1. The molecule has 2 amide bonds. The maximum Gasteiger partial charge on any atom is 0.317 e. The number of esters is 1. The number of likely N-dealkylation sites (N-methyl/N-ethyl adjacent to an activating group) is 1. The number of carbonyl (C=O) groups excluding carboxylic acids is 3. The summed E-state index contributed by atoms with van der Waals surface area (Å²) in [7, 11) is 3.19. The molecule has 2 rings (SSSR count). The van der Waals surface area contributed by atoms with Gasteiger partial charge in [-0.25, -0.2) is 0 Å². The molecule has 0 unspecified atom stereocenters. The van der Waals surface area contributed by atoms with Crippen molar-refractivity contribution in [1.29, 1.82) is 0 Å². The van der Waals surface area contributed by atoms with Gasteiger partial charge >= 0.3 is 5.97 Å². The van der Waals surface area contributed by atoms with Gasteiger partial charge in [0.05, 0.1) is 12.0 Å². The van der Waals surface area contributed by atoms with Crippen LogP contribution in [-0.4, -0.2) is 49.9 Å². The van der Waals surface area contributed by atoms with Gasteiger partial charge in [0, 0.05) is 19.1 Å². The predicted octanol–water partition coefficient (Wildman–Crippen LogP) is 1.12. The average Bonchev–Trinajstić information content (AvgIpc) is 3.32. The van der Waals surface area contributed by atoms with Gasteiger partial charge in [-0.15, -0.1) is 0 Å². The third kappa shape index (κ3) is 4.22. The first-order chi connectivity index (χ1) is 10.8. The topological polar surface area (TPSA) is 75.7 Å². The molecule has 1 N–H and O–H groups in total. The van der Waals surface area contributed by atoms with Gasteiger partial charge in [-0.3, -0.25) is 14.4 Å². The molecule has 1 fully saturated rings. The maximum atomic E-state index is 12.3. The highest BCUT2D eigenvalue weighted by Gasteiger charge is 2.52. The van der Waals surface area contributed by atoms with Gasteiger partial charge in [-0.2, -0.15) is 0 Å². The molecule has 0 aliphatic heterocycles. The minimum Gasteiger partial charge on any atom is -0.455 e. The van der Waals surface area contributed by atoms with Gasteiger partial charge < -0.3 is 15.0 Å². The summed E-state index contributed by atoms with van der Waals surface area (Å²) in [5.41, 5.74) is 0.180. The average molecular weight is 339 g/mol. The first-order valence-corrected chi connectivity index (χ1v) is 7.63. The smallest absolute Gasteiger partial charge is 0.317 e. The molecule has 7 heteroatoms. The Kier molecular flexibility index (Phi) is 5.26. The highest BCUT2D eigenvalue weighted by molar-refractivity contribution is 6.30. The molecule has 6 nitrogen and oxygen atoms in total. The fourth-order valence-corrected chi connectivity index (χ4v) is 2.28. The summed E-state index contributed by atoms with van der Waals surface area (Å²) in [6.45, 7) is -0.513. The zero-order valence-electron chi connectivity index (χ0n) is 13.1. The molecule has 1 aliphatic carbocycles. The SMILES string of the molecule is CN(C)C(=O)CNC(=O)COC(=O)C1(c2ccc(Cl)cc2)CC1. The van der Waals surface area contributed by atoms with Crippen LogP contribution in [-0.2, 0) is 24.5 Å². The minimum absolute atomic E-state index is 0.119. The quantitative estimate of drug-likeness (QED) is 0.789. The van der Waals surface area contributed by atoms with E-state index in [4.69, 9.17) is 16.3 Å². The lowest BCUT2D eigenvalue weighted by molar-refractivity contribution is -0.151. The van der Waals surface area contributed by atoms with Crippen LogP contribution >= 0.6 is 11.6 Å². The van der Waals surface area contributed by atoms with E-state index in [0.717, 1.165) is 5.56 Å². The Morgan fingerprint density at radius 3 is 2.35 bits per heavy atom. The van der Waals surface area contributed by atoms with Crippen LogP contribution in [0.3, 0.4) is 0 Å². The zero-order valence-corrected chi connectivity index (χ0v) is 13.9. The fourth-order valence-electron chi connectivity index (χ4n) is 2.16. The van der Waals surface area contributed by atoms with Crippen LogP contribution in [0.2, 0.25) is 5.02 Å². The second-order valence-corrected chi connectivity index (χ2v) is 6.17. The minimum atomic E-state index is -0.662. The number of amides is 2. The van der Waals surface area contributed by atoms with E-state index in [2.05, 4.69) is 5.32 Å². The Morgan fingerprint density at radius 1 is 1.22 bits per heavy atom. The molecular formula is C16H19ClN2O4. The molecule has 0 heterocycles. The fraction of sp³-hybridized carbons (Fsp3) is 0.438. The van der Waals surface area contributed by atoms with Crippen molar-refractivity contribution in [2.45, 2.75) is 18.3 Å². The van der Waals surface area contributed by atoms with E-state index >= 15 is 0 Å². The van der Waals surface area contributed by atoms with Crippen LogP contribution < -0.4 is 5.32 Å². The first-order valence-electron chi connectivity index (χ1n) is 7.25. The molecule has 1 aromatic rings. The van der Waals surface area contributed by atoms with Crippen molar-refractivity contribution < 1.29 is 19.1 Å². The van der Waals surface area contributed by atoms with Gasteiger partial charge in [0.25, 0.3) is 5.91 Å². The largest absolute Gasteiger partial charge is 0.455 e. The normalized spacial score (nSPS) is 14.7. The Labute approximate surface area is 139 Å². The summed E-state index contributed by atoms with van der Waals surface area (Å²) in [5, 5.41) is 3.01. The Balaban J connectivity index is 1.84. The number of rotatable bonds is 6. The summed E-state index contributed by atoms with van der Waals surface area (Å²) in [4.78, 5) is 36.6. The monoisotopic (exact) mass is 338 g/mol. The highest BCUT2D eigenvalue weighted by atomic mass is 35.5. The van der Waals surface area contributed by atoms with Crippen molar-refractivity contribution in [3.05, 3.63) is 34.9 Å². The van der Waals surface area contributed by atoms with Crippen LogP contribution in [0.1, 0.15) is 18.4 Å². The molecule has 0 aromatic heterocycles. The van der Waals surface area contributed by atoms with E-state index in [1.54, 1.807) is 38.4 Å². The van der Waals surface area contributed by atoms with Gasteiger partial charge in [0.15, 0.2) is 6.61 Å².